The van der Waals surface area contributed by atoms with Gasteiger partial charge >= 0.3 is 6.18 Å². The molecule has 29 heavy (non-hydrogen) atoms. The highest BCUT2D eigenvalue weighted by molar-refractivity contribution is 6.19. The van der Waals surface area contributed by atoms with E-state index < -0.39 is 29.9 Å². The molecular weight excluding hydrogens is 412 g/mol. The van der Waals surface area contributed by atoms with Crippen molar-refractivity contribution in [3.63, 3.8) is 0 Å². The van der Waals surface area contributed by atoms with E-state index in [0.717, 1.165) is 6.07 Å². The summed E-state index contributed by atoms with van der Waals surface area (Å²) in [6.45, 7) is 4.71. The van der Waals surface area contributed by atoms with Gasteiger partial charge in [0.15, 0.2) is 0 Å². The van der Waals surface area contributed by atoms with Gasteiger partial charge in [-0.05, 0) is 24.6 Å². The monoisotopic (exact) mass is 430 g/mol. The second kappa shape index (κ2) is 9.26. The number of hydrogen-bond acceptors (Lipinski definition) is 3. The molecule has 0 aromatic heterocycles. The Balaban J connectivity index is 2.43. The predicted molar refractivity (Wildman–Crippen MR) is 104 cm³/mol. The van der Waals surface area contributed by atoms with Crippen molar-refractivity contribution in [3.8, 4) is 0 Å². The van der Waals surface area contributed by atoms with Gasteiger partial charge in [-0.25, -0.2) is 4.39 Å². The van der Waals surface area contributed by atoms with Gasteiger partial charge in [-0.1, -0.05) is 29.5 Å². The highest BCUT2D eigenvalue weighted by Crippen LogP contribution is 2.46. The Morgan fingerprint density at radius 3 is 2.76 bits per heavy atom. The van der Waals surface area contributed by atoms with Crippen LogP contribution in [-0.2, 0) is 9.63 Å². The first-order valence-corrected chi connectivity index (χ1v) is 9.11. The molecule has 1 N–H and O–H groups in total. The van der Waals surface area contributed by atoms with E-state index >= 15 is 0 Å². The molecule has 0 fully saturated rings. The van der Waals surface area contributed by atoms with Crippen LogP contribution in [0.1, 0.15) is 25.3 Å². The lowest BCUT2D eigenvalue weighted by molar-refractivity contribution is -0.251. The van der Waals surface area contributed by atoms with Crippen LogP contribution in [0.2, 0.25) is 0 Å². The van der Waals surface area contributed by atoms with E-state index in [-0.39, 0.29) is 28.4 Å². The normalized spacial score (nSPS) is 19.8. The summed E-state index contributed by atoms with van der Waals surface area (Å²) < 4.78 is 56.0. The molecule has 1 aromatic carbocycles. The second-order valence-corrected chi connectivity index (χ2v) is 6.56. The molecule has 0 aliphatic carbocycles. The van der Waals surface area contributed by atoms with Crippen molar-refractivity contribution in [2.24, 2.45) is 5.16 Å². The number of rotatable bonds is 7. The number of carbonyl (C=O) groups is 1. The molecule has 2 rings (SSSR count). The molecule has 1 atom stereocenters. The van der Waals surface area contributed by atoms with Gasteiger partial charge in [-0.3, -0.25) is 4.79 Å². The first-order valence-electron chi connectivity index (χ1n) is 8.58. The van der Waals surface area contributed by atoms with Gasteiger partial charge < -0.3 is 10.2 Å². The quantitative estimate of drug-likeness (QED) is 0.268. The number of allylic oxidation sites excluding steroid dienone is 3. The lowest BCUT2D eigenvalue weighted by atomic mass is 9.85. The number of oxime groups is 1. The maximum atomic E-state index is 14.0. The van der Waals surface area contributed by atoms with E-state index in [1.807, 2.05) is 0 Å². The zero-order valence-corrected chi connectivity index (χ0v) is 16.3. The minimum absolute atomic E-state index is 0.0356. The third-order valence-electron chi connectivity index (χ3n) is 4.16. The molecule has 9 heteroatoms. The summed E-state index contributed by atoms with van der Waals surface area (Å²) in [4.78, 5) is 16.1. The molecule has 0 bridgehead atoms. The topological polar surface area (TPSA) is 50.7 Å². The summed E-state index contributed by atoms with van der Waals surface area (Å²) in [5, 5.41) is 5.91. The zero-order chi connectivity index (χ0) is 21.7. The van der Waals surface area contributed by atoms with Crippen molar-refractivity contribution in [2.75, 3.05) is 11.2 Å². The van der Waals surface area contributed by atoms with Gasteiger partial charge in [0, 0.05) is 30.4 Å². The standard InChI is InChI=1S/C20H19ClF4N2O2/c1-3-4-5-6-15(9-10-21)19(20(23,24)25)12-18(27-29-19)14-7-8-16(22)17(11-14)26-13(2)28/h3,5-9,11H,1,4,10,12H2,2H3,(H,26,28)/b6-5-,15-9+. The van der Waals surface area contributed by atoms with Gasteiger partial charge in [0.05, 0.1) is 11.4 Å². The van der Waals surface area contributed by atoms with Crippen LogP contribution in [0.25, 0.3) is 0 Å². The molecule has 0 radical (unpaired) electrons. The van der Waals surface area contributed by atoms with E-state index in [0.29, 0.717) is 6.42 Å². The Hall–Kier alpha value is -2.61. The average Bonchev–Trinajstić information content (AvgIpc) is 3.09. The Kier molecular flexibility index (Phi) is 7.24. The molecule has 0 saturated heterocycles. The molecule has 156 valence electrons. The maximum absolute atomic E-state index is 14.0. The summed E-state index contributed by atoms with van der Waals surface area (Å²) in [7, 11) is 0. The lowest BCUT2D eigenvalue weighted by Gasteiger charge is -2.30. The van der Waals surface area contributed by atoms with Crippen LogP contribution in [0, 0.1) is 5.82 Å². The smallest absolute Gasteiger partial charge is 0.374 e. The van der Waals surface area contributed by atoms with E-state index in [2.05, 4.69) is 17.1 Å². The first kappa shape index (κ1) is 22.7. The van der Waals surface area contributed by atoms with E-state index in [4.69, 9.17) is 16.4 Å². The summed E-state index contributed by atoms with van der Waals surface area (Å²) in [5.74, 6) is -1.40. The summed E-state index contributed by atoms with van der Waals surface area (Å²) in [5.41, 5.74) is -2.92. The van der Waals surface area contributed by atoms with E-state index in [1.54, 1.807) is 0 Å². The fourth-order valence-corrected chi connectivity index (χ4v) is 2.96. The first-order chi connectivity index (χ1) is 13.6. The Bertz CT molecular complexity index is 878. The molecule has 1 aromatic rings. The van der Waals surface area contributed by atoms with Crippen molar-refractivity contribution in [3.05, 3.63) is 66.0 Å². The van der Waals surface area contributed by atoms with Crippen LogP contribution in [0.15, 0.2) is 59.8 Å². The van der Waals surface area contributed by atoms with Crippen LogP contribution < -0.4 is 5.32 Å². The molecular formula is C20H19ClF4N2O2. The third kappa shape index (κ3) is 5.06. The van der Waals surface area contributed by atoms with Crippen molar-refractivity contribution >= 4 is 28.9 Å². The fraction of sp³-hybridized carbons (Fsp3) is 0.300. The van der Waals surface area contributed by atoms with Crippen LogP contribution >= 0.6 is 11.6 Å². The van der Waals surface area contributed by atoms with Crippen LogP contribution in [0.5, 0.6) is 0 Å². The van der Waals surface area contributed by atoms with Gasteiger partial charge in [0.2, 0.25) is 5.91 Å². The molecule has 1 amide bonds. The van der Waals surface area contributed by atoms with Gasteiger partial charge in [0.1, 0.15) is 5.82 Å². The number of alkyl halides is 4. The van der Waals surface area contributed by atoms with Crippen molar-refractivity contribution in [1.29, 1.82) is 0 Å². The number of nitrogens with zero attached hydrogens (tertiary/aromatic N) is 1. The Morgan fingerprint density at radius 1 is 1.45 bits per heavy atom. The summed E-state index contributed by atoms with van der Waals surface area (Å²) >= 11 is 5.67. The van der Waals surface area contributed by atoms with Gasteiger partial charge in [-0.15, -0.1) is 18.2 Å². The largest absolute Gasteiger partial charge is 0.435 e. The number of benzene rings is 1. The van der Waals surface area contributed by atoms with Crippen molar-refractivity contribution < 1.29 is 27.2 Å². The van der Waals surface area contributed by atoms with Gasteiger partial charge in [0.25, 0.3) is 5.60 Å². The number of anilines is 1. The molecule has 1 aliphatic rings. The fourth-order valence-electron chi connectivity index (χ4n) is 2.79. The minimum Gasteiger partial charge on any atom is -0.374 e. The second-order valence-electron chi connectivity index (χ2n) is 6.25. The van der Waals surface area contributed by atoms with Gasteiger partial charge in [-0.2, -0.15) is 13.2 Å². The highest BCUT2D eigenvalue weighted by Gasteiger charge is 2.62. The molecule has 1 unspecified atom stereocenters. The highest BCUT2D eigenvalue weighted by atomic mass is 35.5. The average molecular weight is 431 g/mol. The number of amides is 1. The SMILES string of the molecule is C=CC/C=C\C(=C/CCl)C1(C(F)(F)F)CC(c2ccc(F)c(NC(C)=O)c2)=NO1. The maximum Gasteiger partial charge on any atom is 0.435 e. The number of halogens is 5. The zero-order valence-electron chi connectivity index (χ0n) is 15.5. The van der Waals surface area contributed by atoms with Crippen LogP contribution in [-0.4, -0.2) is 29.3 Å². The minimum atomic E-state index is -4.80. The molecule has 4 nitrogen and oxygen atoms in total. The Morgan fingerprint density at radius 2 is 2.17 bits per heavy atom. The van der Waals surface area contributed by atoms with Crippen molar-refractivity contribution in [2.45, 2.75) is 31.5 Å². The Labute approximate surface area is 170 Å². The molecule has 1 heterocycles. The molecule has 1 aliphatic heterocycles. The number of carbonyl (C=O) groups excluding carboxylic acids is 1. The number of hydrogen-bond donors (Lipinski definition) is 1. The van der Waals surface area contributed by atoms with E-state index in [1.165, 1.54) is 43.4 Å². The molecule has 0 saturated carbocycles. The van der Waals surface area contributed by atoms with Crippen LogP contribution in [0.4, 0.5) is 23.2 Å². The summed E-state index contributed by atoms with van der Waals surface area (Å²) in [6, 6.07) is 3.52. The molecule has 0 spiro atoms. The predicted octanol–water partition coefficient (Wildman–Crippen LogP) is 5.51. The van der Waals surface area contributed by atoms with Crippen LogP contribution in [0.3, 0.4) is 0 Å². The number of nitrogens with one attached hydrogen (secondary N) is 1. The van der Waals surface area contributed by atoms with Crippen molar-refractivity contribution in [1.82, 2.24) is 0 Å². The summed E-state index contributed by atoms with van der Waals surface area (Å²) in [6.07, 6.45) is 0.461. The third-order valence-corrected chi connectivity index (χ3v) is 4.31. The van der Waals surface area contributed by atoms with E-state index in [9.17, 15) is 22.4 Å². The lowest BCUT2D eigenvalue weighted by Crippen LogP contribution is -2.47.